The van der Waals surface area contributed by atoms with Crippen molar-refractivity contribution in [2.24, 2.45) is 0 Å². The van der Waals surface area contributed by atoms with Gasteiger partial charge in [-0.2, -0.15) is 5.10 Å². The lowest BCUT2D eigenvalue weighted by Gasteiger charge is -2.06. The molecule has 90 valence electrons. The Hall–Kier alpha value is -2.63. The van der Waals surface area contributed by atoms with E-state index in [4.69, 9.17) is 10.5 Å². The molecule has 0 amide bonds. The Morgan fingerprint density at radius 1 is 1.22 bits per heavy atom. The molecule has 6 heteroatoms. The third-order valence-corrected chi connectivity index (χ3v) is 2.64. The van der Waals surface area contributed by atoms with Crippen molar-refractivity contribution in [3.8, 4) is 11.7 Å². The molecular weight excluding hydrogens is 230 g/mol. The molecule has 0 saturated carbocycles. The topological polar surface area (TPSA) is 78.9 Å². The fourth-order valence-electron chi connectivity index (χ4n) is 1.81. The van der Waals surface area contributed by atoms with Crippen LogP contribution in [0.3, 0.4) is 0 Å². The summed E-state index contributed by atoms with van der Waals surface area (Å²) >= 11 is 0. The lowest BCUT2D eigenvalue weighted by Crippen LogP contribution is -2.03. The molecular formula is C12H11N5O. The number of methoxy groups -OCH3 is 1. The zero-order valence-electron chi connectivity index (χ0n) is 9.74. The summed E-state index contributed by atoms with van der Waals surface area (Å²) in [6.45, 7) is 0. The van der Waals surface area contributed by atoms with Crippen LogP contribution in [0.15, 0.2) is 36.8 Å². The molecule has 3 rings (SSSR count). The summed E-state index contributed by atoms with van der Waals surface area (Å²) < 4.78 is 6.85. The van der Waals surface area contributed by atoms with Gasteiger partial charge in [0.1, 0.15) is 0 Å². The van der Waals surface area contributed by atoms with Gasteiger partial charge in [-0.1, -0.05) is 0 Å². The Labute approximate surface area is 103 Å². The van der Waals surface area contributed by atoms with Gasteiger partial charge in [0.05, 0.1) is 18.8 Å². The first kappa shape index (κ1) is 10.5. The second-order valence-corrected chi connectivity index (χ2v) is 3.76. The Morgan fingerprint density at radius 3 is 2.89 bits per heavy atom. The SMILES string of the molecule is COc1nccnc1-n1ncc2ccc(N)cc21. The van der Waals surface area contributed by atoms with Gasteiger partial charge in [0.2, 0.25) is 5.82 Å². The summed E-state index contributed by atoms with van der Waals surface area (Å²) in [5.41, 5.74) is 7.33. The van der Waals surface area contributed by atoms with Gasteiger partial charge in [0.25, 0.3) is 5.88 Å². The van der Waals surface area contributed by atoms with Gasteiger partial charge in [-0.3, -0.25) is 0 Å². The molecule has 0 spiro atoms. The van der Waals surface area contributed by atoms with Crippen molar-refractivity contribution in [2.45, 2.75) is 0 Å². The van der Waals surface area contributed by atoms with Crippen molar-refractivity contribution in [2.75, 3.05) is 12.8 Å². The van der Waals surface area contributed by atoms with Gasteiger partial charge in [-0.15, -0.1) is 0 Å². The second-order valence-electron chi connectivity index (χ2n) is 3.76. The molecule has 6 nitrogen and oxygen atoms in total. The molecule has 0 aliphatic rings. The molecule has 0 saturated heterocycles. The van der Waals surface area contributed by atoms with E-state index >= 15 is 0 Å². The third-order valence-electron chi connectivity index (χ3n) is 2.64. The maximum Gasteiger partial charge on any atom is 0.259 e. The van der Waals surface area contributed by atoms with Gasteiger partial charge in [0, 0.05) is 23.5 Å². The highest BCUT2D eigenvalue weighted by molar-refractivity contribution is 5.83. The molecule has 18 heavy (non-hydrogen) atoms. The van der Waals surface area contributed by atoms with Crippen molar-refractivity contribution in [1.82, 2.24) is 19.7 Å². The maximum atomic E-state index is 5.79. The first-order chi connectivity index (χ1) is 8.79. The number of aromatic nitrogens is 4. The summed E-state index contributed by atoms with van der Waals surface area (Å²) in [5, 5.41) is 5.28. The normalized spacial score (nSPS) is 10.7. The number of rotatable bonds is 2. The minimum atomic E-state index is 0.421. The van der Waals surface area contributed by atoms with Gasteiger partial charge in [0.15, 0.2) is 0 Å². The highest BCUT2D eigenvalue weighted by Gasteiger charge is 2.12. The number of hydrogen-bond donors (Lipinski definition) is 1. The van der Waals surface area contributed by atoms with E-state index in [9.17, 15) is 0 Å². The summed E-state index contributed by atoms with van der Waals surface area (Å²) in [7, 11) is 1.55. The van der Waals surface area contributed by atoms with Crippen LogP contribution < -0.4 is 10.5 Å². The first-order valence-corrected chi connectivity index (χ1v) is 5.38. The van der Waals surface area contributed by atoms with E-state index in [1.165, 1.54) is 0 Å². The minimum Gasteiger partial charge on any atom is -0.478 e. The number of anilines is 1. The molecule has 0 aliphatic carbocycles. The van der Waals surface area contributed by atoms with Crippen LogP contribution in [0.1, 0.15) is 0 Å². The largest absolute Gasteiger partial charge is 0.478 e. The standard InChI is InChI=1S/C12H11N5O/c1-18-12-11(14-4-5-15-12)17-10-6-9(13)3-2-8(10)7-16-17/h2-7H,13H2,1H3. The third kappa shape index (κ3) is 1.55. The molecule has 0 atom stereocenters. The zero-order chi connectivity index (χ0) is 12.5. The lowest BCUT2D eigenvalue weighted by molar-refractivity contribution is 0.392. The summed E-state index contributed by atoms with van der Waals surface area (Å²) in [6, 6.07) is 5.59. The molecule has 2 N–H and O–H groups in total. The van der Waals surface area contributed by atoms with E-state index in [0.717, 1.165) is 10.9 Å². The molecule has 2 aromatic heterocycles. The van der Waals surface area contributed by atoms with E-state index < -0.39 is 0 Å². The number of nitrogens with two attached hydrogens (primary N) is 1. The van der Waals surface area contributed by atoms with Crippen LogP contribution in [0.4, 0.5) is 5.69 Å². The highest BCUT2D eigenvalue weighted by Crippen LogP contribution is 2.23. The fraction of sp³-hybridized carbons (Fsp3) is 0.0833. The molecule has 0 bridgehead atoms. The molecule has 2 heterocycles. The zero-order valence-corrected chi connectivity index (χ0v) is 9.74. The van der Waals surface area contributed by atoms with E-state index in [2.05, 4.69) is 15.1 Å². The molecule has 0 unspecified atom stereocenters. The second kappa shape index (κ2) is 3.99. The summed E-state index contributed by atoms with van der Waals surface area (Å²) in [4.78, 5) is 8.35. The highest BCUT2D eigenvalue weighted by atomic mass is 16.5. The number of fused-ring (bicyclic) bond motifs is 1. The molecule has 3 aromatic rings. The van der Waals surface area contributed by atoms with Crippen LogP contribution in [0, 0.1) is 0 Å². The van der Waals surface area contributed by atoms with Crippen LogP contribution in [0.25, 0.3) is 16.7 Å². The van der Waals surface area contributed by atoms with Crippen LogP contribution in [0.2, 0.25) is 0 Å². The van der Waals surface area contributed by atoms with Crippen LogP contribution >= 0.6 is 0 Å². The first-order valence-electron chi connectivity index (χ1n) is 5.38. The number of hydrogen-bond acceptors (Lipinski definition) is 5. The van der Waals surface area contributed by atoms with Crippen molar-refractivity contribution >= 4 is 16.6 Å². The quantitative estimate of drug-likeness (QED) is 0.686. The van der Waals surface area contributed by atoms with E-state index in [1.807, 2.05) is 18.2 Å². The molecule has 0 fully saturated rings. The van der Waals surface area contributed by atoms with Crippen molar-refractivity contribution < 1.29 is 4.74 Å². The molecule has 0 radical (unpaired) electrons. The average Bonchev–Trinajstić information content (AvgIpc) is 2.81. The Balaban J connectivity index is 2.28. The maximum absolute atomic E-state index is 5.79. The summed E-state index contributed by atoms with van der Waals surface area (Å²) in [5.74, 6) is 0.963. The minimum absolute atomic E-state index is 0.421. The Bertz CT molecular complexity index is 707. The lowest BCUT2D eigenvalue weighted by atomic mass is 10.2. The van der Waals surface area contributed by atoms with E-state index in [1.54, 1.807) is 30.4 Å². The smallest absolute Gasteiger partial charge is 0.259 e. The number of nitrogens with zero attached hydrogens (tertiary/aromatic N) is 4. The van der Waals surface area contributed by atoms with E-state index in [0.29, 0.717) is 17.4 Å². The monoisotopic (exact) mass is 241 g/mol. The van der Waals surface area contributed by atoms with Crippen molar-refractivity contribution in [1.29, 1.82) is 0 Å². The Morgan fingerprint density at radius 2 is 2.06 bits per heavy atom. The average molecular weight is 241 g/mol. The predicted molar refractivity (Wildman–Crippen MR) is 67.6 cm³/mol. The van der Waals surface area contributed by atoms with Crippen molar-refractivity contribution in [3.63, 3.8) is 0 Å². The van der Waals surface area contributed by atoms with Gasteiger partial charge in [-0.25, -0.2) is 14.6 Å². The molecule has 0 aliphatic heterocycles. The Kier molecular flexibility index (Phi) is 2.33. The fourth-order valence-corrected chi connectivity index (χ4v) is 1.81. The number of ether oxygens (including phenoxy) is 1. The van der Waals surface area contributed by atoms with Gasteiger partial charge < -0.3 is 10.5 Å². The van der Waals surface area contributed by atoms with Gasteiger partial charge >= 0.3 is 0 Å². The van der Waals surface area contributed by atoms with Gasteiger partial charge in [-0.05, 0) is 18.2 Å². The van der Waals surface area contributed by atoms with Crippen LogP contribution in [0.5, 0.6) is 5.88 Å². The number of nitrogen functional groups attached to an aromatic ring is 1. The molecule has 1 aromatic carbocycles. The summed E-state index contributed by atoms with van der Waals surface area (Å²) in [6.07, 6.45) is 4.92. The van der Waals surface area contributed by atoms with Crippen LogP contribution in [-0.2, 0) is 0 Å². The predicted octanol–water partition coefficient (Wildman–Crippen LogP) is 1.41. The van der Waals surface area contributed by atoms with Crippen molar-refractivity contribution in [3.05, 3.63) is 36.8 Å². The number of benzene rings is 1. The van der Waals surface area contributed by atoms with Crippen LogP contribution in [-0.4, -0.2) is 26.9 Å². The van der Waals surface area contributed by atoms with E-state index in [-0.39, 0.29) is 0 Å².